The Morgan fingerprint density at radius 2 is 2.15 bits per heavy atom. The zero-order valence-electron chi connectivity index (χ0n) is 13.8. The molecular formula is C17H15Cl2N5O2. The Morgan fingerprint density at radius 3 is 2.92 bits per heavy atom. The lowest BCUT2D eigenvalue weighted by Crippen LogP contribution is -2.09. The van der Waals surface area contributed by atoms with Crippen molar-refractivity contribution in [3.63, 3.8) is 0 Å². The van der Waals surface area contributed by atoms with Gasteiger partial charge in [0.1, 0.15) is 11.5 Å². The highest BCUT2D eigenvalue weighted by Crippen LogP contribution is 2.31. The molecule has 0 bridgehead atoms. The molecule has 7 nitrogen and oxygen atoms in total. The summed E-state index contributed by atoms with van der Waals surface area (Å²) in [5.74, 6) is 0.851. The Balaban J connectivity index is 1.65. The fraction of sp³-hybridized carbons (Fsp3) is 0.176. The number of rotatable bonds is 6. The molecule has 26 heavy (non-hydrogen) atoms. The topological polar surface area (TPSA) is 85.8 Å². The third kappa shape index (κ3) is 4.50. The van der Waals surface area contributed by atoms with E-state index < -0.39 is 0 Å². The first-order valence-corrected chi connectivity index (χ1v) is 8.63. The van der Waals surface area contributed by atoms with E-state index in [-0.39, 0.29) is 11.9 Å². The Kier molecular flexibility index (Phi) is 5.70. The number of halogens is 2. The van der Waals surface area contributed by atoms with E-state index in [1.54, 1.807) is 36.4 Å². The lowest BCUT2D eigenvalue weighted by molar-refractivity contribution is -0.111. The van der Waals surface area contributed by atoms with Crippen molar-refractivity contribution in [2.45, 2.75) is 19.9 Å². The van der Waals surface area contributed by atoms with Crippen LogP contribution >= 0.6 is 23.2 Å². The molecule has 0 unspecified atom stereocenters. The van der Waals surface area contributed by atoms with Crippen LogP contribution in [0, 0.1) is 0 Å². The molecule has 0 radical (unpaired) electrons. The van der Waals surface area contributed by atoms with E-state index in [9.17, 15) is 4.79 Å². The maximum absolute atomic E-state index is 11.9. The molecule has 0 aliphatic heterocycles. The van der Waals surface area contributed by atoms with Gasteiger partial charge < -0.3 is 4.42 Å². The summed E-state index contributed by atoms with van der Waals surface area (Å²) in [5.41, 5.74) is 0.719. The van der Waals surface area contributed by atoms with Gasteiger partial charge in [-0.05, 0) is 48.0 Å². The number of hydrogen-bond donors (Lipinski definition) is 1. The number of furan rings is 1. The van der Waals surface area contributed by atoms with Crippen LogP contribution in [0.2, 0.25) is 10.0 Å². The minimum atomic E-state index is -0.386. The average Bonchev–Trinajstić information content (AvgIpc) is 3.23. The van der Waals surface area contributed by atoms with E-state index in [4.69, 9.17) is 27.6 Å². The standard InChI is InChI=1S/C17H15Cl2N5O2/c1-2-9-24-22-17(21-23-24)20-16(25)8-5-12-4-7-15(26-12)13-6-3-11(18)10-14(13)19/h3-8,10H,2,9H2,1H3,(H,20,22,25)/b8-5+. The van der Waals surface area contributed by atoms with Crippen LogP contribution in [0.5, 0.6) is 0 Å². The maximum Gasteiger partial charge on any atom is 0.270 e. The van der Waals surface area contributed by atoms with E-state index in [1.807, 2.05) is 6.92 Å². The normalized spacial score (nSPS) is 11.2. The van der Waals surface area contributed by atoms with E-state index >= 15 is 0 Å². The quantitative estimate of drug-likeness (QED) is 0.632. The molecule has 0 aliphatic carbocycles. The lowest BCUT2D eigenvalue weighted by Gasteiger charge is -2.00. The Bertz CT molecular complexity index is 948. The molecule has 3 aromatic rings. The first kappa shape index (κ1) is 18.2. The molecule has 2 heterocycles. The van der Waals surface area contributed by atoms with Crippen molar-refractivity contribution >= 4 is 41.1 Å². The van der Waals surface area contributed by atoms with Crippen molar-refractivity contribution in [2.24, 2.45) is 0 Å². The first-order valence-electron chi connectivity index (χ1n) is 7.87. The van der Waals surface area contributed by atoms with E-state index in [2.05, 4.69) is 20.7 Å². The predicted molar refractivity (Wildman–Crippen MR) is 99.9 cm³/mol. The van der Waals surface area contributed by atoms with E-state index in [0.29, 0.717) is 28.1 Å². The summed E-state index contributed by atoms with van der Waals surface area (Å²) in [7, 11) is 0. The van der Waals surface area contributed by atoms with Gasteiger partial charge >= 0.3 is 0 Å². The number of aromatic nitrogens is 4. The molecule has 3 rings (SSSR count). The minimum absolute atomic E-state index is 0.154. The van der Waals surface area contributed by atoms with Gasteiger partial charge in [-0.1, -0.05) is 35.2 Å². The zero-order chi connectivity index (χ0) is 18.5. The second-order valence-electron chi connectivity index (χ2n) is 5.36. The molecule has 0 saturated heterocycles. The summed E-state index contributed by atoms with van der Waals surface area (Å²) in [6, 6.07) is 8.65. The average molecular weight is 392 g/mol. The van der Waals surface area contributed by atoms with Crippen molar-refractivity contribution in [2.75, 3.05) is 5.32 Å². The summed E-state index contributed by atoms with van der Waals surface area (Å²) in [6.07, 6.45) is 3.74. The Morgan fingerprint density at radius 1 is 1.31 bits per heavy atom. The number of aryl methyl sites for hydroxylation is 1. The van der Waals surface area contributed by atoms with Crippen LogP contribution in [0.15, 0.2) is 40.8 Å². The second kappa shape index (κ2) is 8.16. The van der Waals surface area contributed by atoms with Gasteiger partial charge in [0.15, 0.2) is 0 Å². The van der Waals surface area contributed by atoms with Crippen LogP contribution in [-0.4, -0.2) is 26.1 Å². The summed E-state index contributed by atoms with van der Waals surface area (Å²) >= 11 is 12.1. The highest BCUT2D eigenvalue weighted by molar-refractivity contribution is 6.36. The van der Waals surface area contributed by atoms with Gasteiger partial charge in [-0.15, -0.1) is 5.10 Å². The van der Waals surface area contributed by atoms with Gasteiger partial charge in [0.2, 0.25) is 0 Å². The number of carbonyl (C=O) groups is 1. The van der Waals surface area contributed by atoms with Crippen molar-refractivity contribution < 1.29 is 9.21 Å². The van der Waals surface area contributed by atoms with Crippen LogP contribution < -0.4 is 5.32 Å². The number of amides is 1. The number of carbonyl (C=O) groups excluding carboxylic acids is 1. The van der Waals surface area contributed by atoms with Crippen molar-refractivity contribution in [1.82, 2.24) is 20.2 Å². The largest absolute Gasteiger partial charge is 0.457 e. The summed E-state index contributed by atoms with van der Waals surface area (Å²) < 4.78 is 5.69. The fourth-order valence-electron chi connectivity index (χ4n) is 2.17. The molecule has 1 aromatic carbocycles. The van der Waals surface area contributed by atoms with Gasteiger partial charge in [-0.25, -0.2) is 0 Å². The van der Waals surface area contributed by atoms with E-state index in [0.717, 1.165) is 12.0 Å². The van der Waals surface area contributed by atoms with Crippen molar-refractivity contribution in [3.8, 4) is 11.3 Å². The van der Waals surface area contributed by atoms with Crippen LogP contribution in [0.25, 0.3) is 17.4 Å². The smallest absolute Gasteiger partial charge is 0.270 e. The highest BCUT2D eigenvalue weighted by Gasteiger charge is 2.09. The predicted octanol–water partition coefficient (Wildman–Crippen LogP) is 4.30. The molecule has 0 atom stereocenters. The number of tetrazole rings is 1. The molecule has 1 N–H and O–H groups in total. The molecule has 0 fully saturated rings. The molecule has 2 aromatic heterocycles. The van der Waals surface area contributed by atoms with Crippen LogP contribution in [-0.2, 0) is 11.3 Å². The molecular weight excluding hydrogens is 377 g/mol. The van der Waals surface area contributed by atoms with Crippen molar-refractivity contribution in [3.05, 3.63) is 52.2 Å². The highest BCUT2D eigenvalue weighted by atomic mass is 35.5. The minimum Gasteiger partial charge on any atom is -0.457 e. The lowest BCUT2D eigenvalue weighted by atomic mass is 10.2. The third-order valence-electron chi connectivity index (χ3n) is 3.33. The van der Waals surface area contributed by atoms with Gasteiger partial charge in [-0.3, -0.25) is 10.1 Å². The number of nitrogens with zero attached hydrogens (tertiary/aromatic N) is 4. The van der Waals surface area contributed by atoms with E-state index in [1.165, 1.54) is 10.9 Å². The fourth-order valence-corrected chi connectivity index (χ4v) is 2.68. The number of hydrogen-bond acceptors (Lipinski definition) is 5. The van der Waals surface area contributed by atoms with Gasteiger partial charge in [0, 0.05) is 16.7 Å². The second-order valence-corrected chi connectivity index (χ2v) is 6.20. The molecule has 1 amide bonds. The molecule has 134 valence electrons. The zero-order valence-corrected chi connectivity index (χ0v) is 15.3. The SMILES string of the molecule is CCCn1nnc(NC(=O)/C=C/c2ccc(-c3ccc(Cl)cc3Cl)o2)n1. The van der Waals surface area contributed by atoms with Crippen LogP contribution in [0.1, 0.15) is 19.1 Å². The molecule has 0 saturated carbocycles. The third-order valence-corrected chi connectivity index (χ3v) is 3.88. The molecule has 9 heteroatoms. The molecule has 0 spiro atoms. The van der Waals surface area contributed by atoms with Gasteiger partial charge in [0.05, 0.1) is 11.6 Å². The maximum atomic E-state index is 11.9. The number of anilines is 1. The van der Waals surface area contributed by atoms with Gasteiger partial charge in [-0.2, -0.15) is 4.80 Å². The van der Waals surface area contributed by atoms with Crippen LogP contribution in [0.3, 0.4) is 0 Å². The summed E-state index contributed by atoms with van der Waals surface area (Å²) in [5, 5.41) is 15.2. The summed E-state index contributed by atoms with van der Waals surface area (Å²) in [6.45, 7) is 2.64. The molecule has 0 aliphatic rings. The number of nitrogens with one attached hydrogen (secondary N) is 1. The van der Waals surface area contributed by atoms with Gasteiger partial charge in [0.25, 0.3) is 11.9 Å². The Labute approximate surface area is 159 Å². The Hall–Kier alpha value is -2.64. The van der Waals surface area contributed by atoms with Crippen molar-refractivity contribution in [1.29, 1.82) is 0 Å². The monoisotopic (exact) mass is 391 g/mol. The summed E-state index contributed by atoms with van der Waals surface area (Å²) in [4.78, 5) is 13.4. The number of benzene rings is 1. The van der Waals surface area contributed by atoms with Crippen LogP contribution in [0.4, 0.5) is 5.95 Å². The first-order chi connectivity index (χ1) is 12.5.